The number of benzene rings is 2. The molecule has 2 fully saturated rings. The molecule has 214 valence electrons. The molecule has 0 radical (unpaired) electrons. The molecule has 0 atom stereocenters. The molecule has 12 heteroatoms. The zero-order valence-electron chi connectivity index (χ0n) is 22.1. The summed E-state index contributed by atoms with van der Waals surface area (Å²) in [5.74, 6) is -2.90. The molecule has 5 rings (SSSR count). The third kappa shape index (κ3) is 6.35. The van der Waals surface area contributed by atoms with Crippen molar-refractivity contribution in [2.24, 2.45) is 0 Å². The van der Waals surface area contributed by atoms with Crippen LogP contribution in [0.3, 0.4) is 0 Å². The Bertz CT molecular complexity index is 1430. The van der Waals surface area contributed by atoms with Crippen LogP contribution in [-0.2, 0) is 16.4 Å². The Morgan fingerprint density at radius 2 is 1.68 bits per heavy atom. The summed E-state index contributed by atoms with van der Waals surface area (Å²) in [6.07, 6.45) is 5.60. The number of hydrogen-bond donors (Lipinski definition) is 2. The molecule has 1 aromatic heterocycles. The fraction of sp³-hybridized carbons (Fsp3) is 0.429. The molecule has 3 aromatic rings. The van der Waals surface area contributed by atoms with Crippen molar-refractivity contribution in [3.8, 4) is 0 Å². The minimum Gasteiger partial charge on any atom is -0.382 e. The number of halogens is 2. The molecule has 0 aliphatic carbocycles. The van der Waals surface area contributed by atoms with Crippen molar-refractivity contribution in [3.63, 3.8) is 0 Å². The molecular weight excluding hydrogens is 556 g/mol. The van der Waals surface area contributed by atoms with Crippen LogP contribution < -0.4 is 11.1 Å². The van der Waals surface area contributed by atoms with Crippen molar-refractivity contribution in [1.82, 2.24) is 14.2 Å². The Balaban J connectivity index is 1.15. The fourth-order valence-corrected chi connectivity index (χ4v) is 7.67. The van der Waals surface area contributed by atoms with E-state index < -0.39 is 33.0 Å². The van der Waals surface area contributed by atoms with Crippen LogP contribution in [0.4, 0.5) is 19.7 Å². The lowest BCUT2D eigenvalue weighted by Gasteiger charge is -2.31. The Hall–Kier alpha value is -2.93. The van der Waals surface area contributed by atoms with Gasteiger partial charge >= 0.3 is 0 Å². The van der Waals surface area contributed by atoms with Crippen LogP contribution in [0.1, 0.15) is 52.9 Å². The Morgan fingerprint density at radius 1 is 1.02 bits per heavy atom. The molecule has 2 aromatic carbocycles. The maximum absolute atomic E-state index is 14.1. The second-order valence-electron chi connectivity index (χ2n) is 10.3. The van der Waals surface area contributed by atoms with Crippen LogP contribution in [0.2, 0.25) is 0 Å². The number of nitrogen functional groups attached to an aromatic ring is 1. The van der Waals surface area contributed by atoms with Gasteiger partial charge in [0.1, 0.15) is 22.3 Å². The van der Waals surface area contributed by atoms with E-state index in [-0.39, 0.29) is 16.7 Å². The maximum Gasteiger partial charge on any atom is 0.243 e. The van der Waals surface area contributed by atoms with Crippen molar-refractivity contribution in [3.05, 3.63) is 70.1 Å². The van der Waals surface area contributed by atoms with E-state index in [2.05, 4.69) is 15.2 Å². The molecule has 2 aliphatic rings. The number of rotatable bonds is 10. The van der Waals surface area contributed by atoms with E-state index in [0.717, 1.165) is 48.4 Å². The number of thiazole rings is 1. The Labute approximate surface area is 237 Å². The van der Waals surface area contributed by atoms with Crippen LogP contribution >= 0.6 is 11.3 Å². The van der Waals surface area contributed by atoms with Crippen LogP contribution in [-0.4, -0.2) is 67.2 Å². The molecule has 0 saturated carbocycles. The van der Waals surface area contributed by atoms with Gasteiger partial charge in [0.15, 0.2) is 5.13 Å². The number of carbonyl (C=O) groups excluding carboxylic acids is 1. The number of piperidine rings is 1. The van der Waals surface area contributed by atoms with Gasteiger partial charge in [0, 0.05) is 19.1 Å². The smallest absolute Gasteiger partial charge is 0.243 e. The molecule has 2 aliphatic heterocycles. The van der Waals surface area contributed by atoms with E-state index in [1.807, 2.05) is 12.1 Å². The number of hydrogen-bond acceptors (Lipinski definition) is 8. The van der Waals surface area contributed by atoms with E-state index >= 15 is 0 Å². The molecule has 0 amide bonds. The second kappa shape index (κ2) is 12.3. The van der Waals surface area contributed by atoms with Gasteiger partial charge in [0.05, 0.1) is 10.5 Å². The van der Waals surface area contributed by atoms with Gasteiger partial charge in [-0.1, -0.05) is 29.5 Å². The molecule has 8 nitrogen and oxygen atoms in total. The van der Waals surface area contributed by atoms with Crippen LogP contribution in [0.5, 0.6) is 0 Å². The lowest BCUT2D eigenvalue weighted by molar-refractivity contribution is 0.103. The number of sulfonamides is 1. The summed E-state index contributed by atoms with van der Waals surface area (Å²) in [4.78, 5) is 19.6. The average molecular weight is 590 g/mol. The van der Waals surface area contributed by atoms with E-state index in [1.54, 1.807) is 12.1 Å². The van der Waals surface area contributed by atoms with Gasteiger partial charge in [-0.25, -0.2) is 22.2 Å². The Kier molecular flexibility index (Phi) is 8.79. The summed E-state index contributed by atoms with van der Waals surface area (Å²) in [5, 5.41) is 3.55. The number of likely N-dealkylation sites (tertiary alicyclic amines) is 1. The van der Waals surface area contributed by atoms with Crippen molar-refractivity contribution in [1.29, 1.82) is 0 Å². The van der Waals surface area contributed by atoms with E-state index in [4.69, 9.17) is 5.73 Å². The predicted molar refractivity (Wildman–Crippen MR) is 152 cm³/mol. The van der Waals surface area contributed by atoms with Crippen molar-refractivity contribution >= 4 is 38.1 Å². The number of carbonyl (C=O) groups is 1. The lowest BCUT2D eigenvalue weighted by atomic mass is 10.1. The van der Waals surface area contributed by atoms with Gasteiger partial charge in [-0.3, -0.25) is 4.79 Å². The highest BCUT2D eigenvalue weighted by Gasteiger charge is 2.30. The topological polar surface area (TPSA) is 109 Å². The minimum absolute atomic E-state index is 0.0500. The second-order valence-corrected chi connectivity index (χ2v) is 13.2. The van der Waals surface area contributed by atoms with E-state index in [1.165, 1.54) is 36.3 Å². The van der Waals surface area contributed by atoms with Gasteiger partial charge in [-0.05, 0) is 88.0 Å². The first-order chi connectivity index (χ1) is 19.2. The summed E-state index contributed by atoms with van der Waals surface area (Å²) < 4.78 is 56.1. The lowest BCUT2D eigenvalue weighted by Crippen LogP contribution is -2.42. The molecule has 0 spiro atoms. The number of ketones is 1. The zero-order chi connectivity index (χ0) is 28.3. The molecule has 40 heavy (non-hydrogen) atoms. The van der Waals surface area contributed by atoms with Crippen LogP contribution in [0, 0.1) is 11.6 Å². The van der Waals surface area contributed by atoms with Gasteiger partial charge in [-0.2, -0.15) is 4.31 Å². The number of aryl methyl sites for hydroxylation is 1. The molecule has 2 saturated heterocycles. The number of anilines is 2. The molecular formula is C28H33F2N5O3S2. The number of nitrogens with two attached hydrogens (primary N) is 1. The third-order valence-electron chi connectivity index (χ3n) is 7.53. The molecule has 0 bridgehead atoms. The SMILES string of the molecule is Nc1nc(NC2CCN(S(=O)(=O)c3ccc(CCCN4CCCC4)cc3)CC2)sc1C(=O)c1c(F)cccc1F. The van der Waals surface area contributed by atoms with Crippen LogP contribution in [0.25, 0.3) is 0 Å². The third-order valence-corrected chi connectivity index (χ3v) is 10.4. The first-order valence-corrected chi connectivity index (χ1v) is 15.8. The predicted octanol–water partition coefficient (Wildman–Crippen LogP) is 4.53. The molecule has 3 heterocycles. The van der Waals surface area contributed by atoms with Crippen LogP contribution in [0.15, 0.2) is 47.4 Å². The maximum atomic E-state index is 14.1. The fourth-order valence-electron chi connectivity index (χ4n) is 5.29. The standard InChI is InChI=1S/C28H33F2N5O3S2/c29-22-6-3-7-23(30)24(22)25(36)26-27(31)33-28(39-26)32-20-12-17-35(18-13-20)40(37,38)21-10-8-19(9-11-21)5-4-16-34-14-1-2-15-34/h3,6-11,20H,1-2,4-5,12-18,31H2,(H,32,33). The summed E-state index contributed by atoms with van der Waals surface area (Å²) in [5.41, 5.74) is 6.37. The number of aromatic nitrogens is 1. The number of nitrogens with zero attached hydrogens (tertiary/aromatic N) is 3. The monoisotopic (exact) mass is 589 g/mol. The number of nitrogens with one attached hydrogen (secondary N) is 1. The summed E-state index contributed by atoms with van der Waals surface area (Å²) in [7, 11) is -3.61. The summed E-state index contributed by atoms with van der Waals surface area (Å²) >= 11 is 0.926. The van der Waals surface area contributed by atoms with E-state index in [0.29, 0.717) is 36.0 Å². The zero-order valence-corrected chi connectivity index (χ0v) is 23.7. The minimum atomic E-state index is -3.61. The normalized spacial score (nSPS) is 17.4. The van der Waals surface area contributed by atoms with Crippen molar-refractivity contribution in [2.75, 3.05) is 43.8 Å². The highest BCUT2D eigenvalue weighted by molar-refractivity contribution is 7.89. The van der Waals surface area contributed by atoms with Gasteiger partial charge < -0.3 is 16.0 Å². The Morgan fingerprint density at radius 3 is 2.33 bits per heavy atom. The first-order valence-electron chi connectivity index (χ1n) is 13.6. The van der Waals surface area contributed by atoms with Gasteiger partial charge in [-0.15, -0.1) is 0 Å². The van der Waals surface area contributed by atoms with Crippen molar-refractivity contribution in [2.45, 2.75) is 49.5 Å². The first kappa shape index (κ1) is 28.6. The quantitative estimate of drug-likeness (QED) is 0.335. The van der Waals surface area contributed by atoms with E-state index in [9.17, 15) is 22.0 Å². The highest BCUT2D eigenvalue weighted by Crippen LogP contribution is 2.31. The molecule has 0 unspecified atom stereocenters. The largest absolute Gasteiger partial charge is 0.382 e. The van der Waals surface area contributed by atoms with Crippen molar-refractivity contribution < 1.29 is 22.0 Å². The van der Waals surface area contributed by atoms with Gasteiger partial charge in [0.25, 0.3) is 0 Å². The summed E-state index contributed by atoms with van der Waals surface area (Å²) in [6.45, 7) is 4.09. The van der Waals surface area contributed by atoms with Gasteiger partial charge in [0.2, 0.25) is 15.8 Å². The molecule has 3 N–H and O–H groups in total. The summed E-state index contributed by atoms with van der Waals surface area (Å²) in [6, 6.07) is 10.3. The average Bonchev–Trinajstić information content (AvgIpc) is 3.58. The highest BCUT2D eigenvalue weighted by atomic mass is 32.2.